The van der Waals surface area contributed by atoms with E-state index in [1.165, 1.54) is 32.1 Å². The quantitative estimate of drug-likeness (QED) is 0.764. The highest BCUT2D eigenvalue weighted by Crippen LogP contribution is 2.29. The highest BCUT2D eigenvalue weighted by atomic mass is 16.3. The Morgan fingerprint density at radius 1 is 1.21 bits per heavy atom. The van der Waals surface area contributed by atoms with Crippen molar-refractivity contribution in [1.29, 1.82) is 0 Å². The molecule has 0 heterocycles. The molecule has 114 valence electrons. The summed E-state index contributed by atoms with van der Waals surface area (Å²) < 4.78 is 0. The number of rotatable bonds is 6. The second-order valence-corrected chi connectivity index (χ2v) is 8.19. The van der Waals surface area contributed by atoms with Crippen molar-refractivity contribution in [3.8, 4) is 0 Å². The van der Waals surface area contributed by atoms with Gasteiger partial charge in [-0.2, -0.15) is 0 Å². The normalized spacial score (nSPS) is 26.7. The third-order valence-electron chi connectivity index (χ3n) is 4.08. The first-order chi connectivity index (χ1) is 8.76. The SMILES string of the molecule is CC(C)CC1CCCC(NCC(O)CC(C)(C)C)C1. The zero-order valence-electron chi connectivity index (χ0n) is 13.7. The molecule has 3 atom stereocenters. The van der Waals surface area contributed by atoms with Gasteiger partial charge in [-0.15, -0.1) is 0 Å². The van der Waals surface area contributed by atoms with Crippen molar-refractivity contribution >= 4 is 0 Å². The van der Waals surface area contributed by atoms with Gasteiger partial charge >= 0.3 is 0 Å². The van der Waals surface area contributed by atoms with Gasteiger partial charge in [0.05, 0.1) is 6.10 Å². The summed E-state index contributed by atoms with van der Waals surface area (Å²) in [5.74, 6) is 1.71. The Morgan fingerprint density at radius 3 is 2.47 bits per heavy atom. The van der Waals surface area contributed by atoms with Crippen LogP contribution in [0.4, 0.5) is 0 Å². The van der Waals surface area contributed by atoms with Crippen LogP contribution in [-0.4, -0.2) is 23.8 Å². The van der Waals surface area contributed by atoms with E-state index in [4.69, 9.17) is 0 Å². The van der Waals surface area contributed by atoms with E-state index in [2.05, 4.69) is 39.9 Å². The van der Waals surface area contributed by atoms with Crippen molar-refractivity contribution in [3.05, 3.63) is 0 Å². The van der Waals surface area contributed by atoms with Crippen LogP contribution in [0.3, 0.4) is 0 Å². The topological polar surface area (TPSA) is 32.3 Å². The second-order valence-electron chi connectivity index (χ2n) is 8.19. The highest BCUT2D eigenvalue weighted by molar-refractivity contribution is 4.80. The van der Waals surface area contributed by atoms with Crippen molar-refractivity contribution in [2.45, 2.75) is 85.3 Å². The van der Waals surface area contributed by atoms with E-state index in [1.54, 1.807) is 0 Å². The zero-order chi connectivity index (χ0) is 14.5. The number of aliphatic hydroxyl groups is 1. The van der Waals surface area contributed by atoms with Crippen molar-refractivity contribution in [1.82, 2.24) is 5.32 Å². The van der Waals surface area contributed by atoms with Crippen LogP contribution >= 0.6 is 0 Å². The number of nitrogens with one attached hydrogen (secondary N) is 1. The molecule has 0 aromatic carbocycles. The van der Waals surface area contributed by atoms with Gasteiger partial charge in [-0.25, -0.2) is 0 Å². The summed E-state index contributed by atoms with van der Waals surface area (Å²) in [6.07, 6.45) is 7.39. The Kier molecular flexibility index (Phi) is 6.82. The van der Waals surface area contributed by atoms with Crippen molar-refractivity contribution in [2.75, 3.05) is 6.54 Å². The monoisotopic (exact) mass is 269 g/mol. The molecule has 19 heavy (non-hydrogen) atoms. The lowest BCUT2D eigenvalue weighted by atomic mass is 9.81. The van der Waals surface area contributed by atoms with Gasteiger partial charge in [-0.3, -0.25) is 0 Å². The number of hydrogen-bond acceptors (Lipinski definition) is 2. The summed E-state index contributed by atoms with van der Waals surface area (Å²) in [4.78, 5) is 0. The van der Waals surface area contributed by atoms with Crippen LogP contribution in [0.2, 0.25) is 0 Å². The maximum absolute atomic E-state index is 10.1. The van der Waals surface area contributed by atoms with Gasteiger partial charge in [0.25, 0.3) is 0 Å². The van der Waals surface area contributed by atoms with Gasteiger partial charge < -0.3 is 10.4 Å². The molecule has 2 N–H and O–H groups in total. The summed E-state index contributed by atoms with van der Waals surface area (Å²) in [6.45, 7) is 12.0. The molecule has 0 bridgehead atoms. The molecule has 1 fully saturated rings. The lowest BCUT2D eigenvalue weighted by Gasteiger charge is -2.32. The first-order valence-electron chi connectivity index (χ1n) is 8.17. The first kappa shape index (κ1) is 17.0. The van der Waals surface area contributed by atoms with Crippen LogP contribution < -0.4 is 5.32 Å². The van der Waals surface area contributed by atoms with E-state index < -0.39 is 0 Å². The molecule has 1 rings (SSSR count). The Labute approximate surface area is 120 Å². The maximum atomic E-state index is 10.1. The predicted molar refractivity (Wildman–Crippen MR) is 83.3 cm³/mol. The summed E-state index contributed by atoms with van der Waals surface area (Å²) in [5, 5.41) is 13.7. The van der Waals surface area contributed by atoms with E-state index in [1.807, 2.05) is 0 Å². The Balaban J connectivity index is 2.25. The van der Waals surface area contributed by atoms with E-state index in [-0.39, 0.29) is 11.5 Å². The summed E-state index contributed by atoms with van der Waals surface area (Å²) in [5.41, 5.74) is 0.216. The lowest BCUT2D eigenvalue weighted by molar-refractivity contribution is 0.111. The molecule has 0 aliphatic heterocycles. The highest BCUT2D eigenvalue weighted by Gasteiger charge is 2.23. The second kappa shape index (κ2) is 7.64. The van der Waals surface area contributed by atoms with Gasteiger partial charge in [0, 0.05) is 12.6 Å². The minimum atomic E-state index is -0.203. The predicted octanol–water partition coefficient (Wildman–Crippen LogP) is 3.98. The molecule has 1 saturated carbocycles. The Hall–Kier alpha value is -0.0800. The van der Waals surface area contributed by atoms with Gasteiger partial charge in [-0.05, 0) is 42.9 Å². The first-order valence-corrected chi connectivity index (χ1v) is 8.17. The molecule has 1 aliphatic rings. The number of aliphatic hydroxyl groups excluding tert-OH is 1. The van der Waals surface area contributed by atoms with Gasteiger partial charge in [0.15, 0.2) is 0 Å². The largest absolute Gasteiger partial charge is 0.392 e. The van der Waals surface area contributed by atoms with Crippen LogP contribution in [0, 0.1) is 17.3 Å². The summed E-state index contributed by atoms with van der Waals surface area (Å²) in [6, 6.07) is 0.632. The van der Waals surface area contributed by atoms with Crippen LogP contribution in [0.5, 0.6) is 0 Å². The molecule has 2 nitrogen and oxygen atoms in total. The summed E-state index contributed by atoms with van der Waals surface area (Å²) >= 11 is 0. The Morgan fingerprint density at radius 2 is 1.89 bits per heavy atom. The van der Waals surface area contributed by atoms with Crippen LogP contribution in [0.25, 0.3) is 0 Å². The summed E-state index contributed by atoms with van der Waals surface area (Å²) in [7, 11) is 0. The van der Waals surface area contributed by atoms with Crippen molar-refractivity contribution < 1.29 is 5.11 Å². The zero-order valence-corrected chi connectivity index (χ0v) is 13.7. The molecule has 2 heteroatoms. The minimum Gasteiger partial charge on any atom is -0.392 e. The van der Waals surface area contributed by atoms with E-state index in [0.29, 0.717) is 6.04 Å². The molecule has 0 saturated heterocycles. The molecule has 0 spiro atoms. The van der Waals surface area contributed by atoms with Crippen molar-refractivity contribution in [2.24, 2.45) is 17.3 Å². The number of hydrogen-bond donors (Lipinski definition) is 2. The third kappa shape index (κ3) is 7.94. The molecule has 0 amide bonds. The van der Waals surface area contributed by atoms with Gasteiger partial charge in [-0.1, -0.05) is 47.5 Å². The molecule has 3 unspecified atom stereocenters. The standard InChI is InChI=1S/C17H35NO/c1-13(2)9-14-7-6-8-15(10-14)18-12-16(19)11-17(3,4)5/h13-16,18-19H,6-12H2,1-5H3. The Bertz CT molecular complexity index is 244. The van der Waals surface area contributed by atoms with Crippen LogP contribution in [0.1, 0.15) is 73.1 Å². The average Bonchev–Trinajstić information content (AvgIpc) is 2.23. The fraction of sp³-hybridized carbons (Fsp3) is 1.00. The maximum Gasteiger partial charge on any atom is 0.0669 e. The third-order valence-corrected chi connectivity index (χ3v) is 4.08. The smallest absolute Gasteiger partial charge is 0.0669 e. The van der Waals surface area contributed by atoms with E-state index in [9.17, 15) is 5.11 Å². The molecular weight excluding hydrogens is 234 g/mol. The van der Waals surface area contributed by atoms with E-state index >= 15 is 0 Å². The molecule has 0 aromatic heterocycles. The molecule has 0 aromatic rings. The molecular formula is C17H35NO. The molecule has 1 aliphatic carbocycles. The van der Waals surface area contributed by atoms with Crippen LogP contribution in [-0.2, 0) is 0 Å². The van der Waals surface area contributed by atoms with E-state index in [0.717, 1.165) is 24.8 Å². The van der Waals surface area contributed by atoms with Gasteiger partial charge in [0.1, 0.15) is 0 Å². The fourth-order valence-corrected chi connectivity index (χ4v) is 3.44. The van der Waals surface area contributed by atoms with Crippen molar-refractivity contribution in [3.63, 3.8) is 0 Å². The fourth-order valence-electron chi connectivity index (χ4n) is 3.44. The lowest BCUT2D eigenvalue weighted by Crippen LogP contribution is -2.39. The minimum absolute atomic E-state index is 0.203. The average molecular weight is 269 g/mol. The van der Waals surface area contributed by atoms with Crippen LogP contribution in [0.15, 0.2) is 0 Å². The van der Waals surface area contributed by atoms with Gasteiger partial charge in [0.2, 0.25) is 0 Å². The molecule has 0 radical (unpaired) electrons.